The Labute approximate surface area is 108 Å². The molecule has 18 heavy (non-hydrogen) atoms. The Morgan fingerprint density at radius 1 is 1.28 bits per heavy atom. The van der Waals surface area contributed by atoms with E-state index in [1.54, 1.807) is 0 Å². The number of para-hydroxylation sites is 1. The molecule has 1 heterocycles. The van der Waals surface area contributed by atoms with Gasteiger partial charge >= 0.3 is 0 Å². The average molecular weight is 251 g/mol. The highest BCUT2D eigenvalue weighted by Crippen LogP contribution is 2.20. The van der Waals surface area contributed by atoms with Crippen LogP contribution in [0, 0.1) is 0 Å². The molecule has 0 bridgehead atoms. The summed E-state index contributed by atoms with van der Waals surface area (Å²) in [5.41, 5.74) is 1.09. The molecule has 1 aromatic carbocycles. The Kier molecular flexibility index (Phi) is 4.99. The van der Waals surface area contributed by atoms with Crippen LogP contribution in [0.1, 0.15) is 13.3 Å². The van der Waals surface area contributed by atoms with Gasteiger partial charge in [0.2, 0.25) is 0 Å². The molecule has 4 heteroatoms. The fourth-order valence-electron chi connectivity index (χ4n) is 2.21. The van der Waals surface area contributed by atoms with Crippen molar-refractivity contribution in [2.75, 3.05) is 31.3 Å². The van der Waals surface area contributed by atoms with Crippen molar-refractivity contribution in [2.45, 2.75) is 25.7 Å². The van der Waals surface area contributed by atoms with Gasteiger partial charge in [-0.1, -0.05) is 25.1 Å². The smallest absolute Gasteiger partial charge is 0.175 e. The summed E-state index contributed by atoms with van der Waals surface area (Å²) in [6, 6.07) is 10.2. The van der Waals surface area contributed by atoms with Gasteiger partial charge in [0.15, 0.2) is 6.29 Å². The predicted molar refractivity (Wildman–Crippen MR) is 70.6 cm³/mol. The Morgan fingerprint density at radius 3 is 2.50 bits per heavy atom. The zero-order valence-electron chi connectivity index (χ0n) is 10.8. The van der Waals surface area contributed by atoms with Crippen molar-refractivity contribution < 1.29 is 14.6 Å². The minimum atomic E-state index is -0.189. The Bertz CT molecular complexity index is 334. The first-order chi connectivity index (χ1) is 8.85. The van der Waals surface area contributed by atoms with Gasteiger partial charge in [-0.15, -0.1) is 0 Å². The number of anilines is 1. The number of hydrogen-bond acceptors (Lipinski definition) is 4. The number of hydrogen-bond donors (Lipinski definition) is 1. The minimum absolute atomic E-state index is 0.0974. The molecule has 0 amide bonds. The van der Waals surface area contributed by atoms with Crippen molar-refractivity contribution in [3.8, 4) is 0 Å². The van der Waals surface area contributed by atoms with Crippen molar-refractivity contribution >= 4 is 5.69 Å². The molecule has 0 aromatic heterocycles. The van der Waals surface area contributed by atoms with Crippen LogP contribution >= 0.6 is 0 Å². The van der Waals surface area contributed by atoms with Crippen molar-refractivity contribution in [3.63, 3.8) is 0 Å². The predicted octanol–water partition coefficient (Wildman–Crippen LogP) is 1.64. The van der Waals surface area contributed by atoms with E-state index in [9.17, 15) is 5.11 Å². The van der Waals surface area contributed by atoms with E-state index in [0.717, 1.165) is 12.1 Å². The van der Waals surface area contributed by atoms with E-state index in [0.29, 0.717) is 19.8 Å². The molecular formula is C14H21NO3. The second kappa shape index (κ2) is 6.73. The molecule has 1 aromatic rings. The zero-order valence-corrected chi connectivity index (χ0v) is 10.8. The van der Waals surface area contributed by atoms with Gasteiger partial charge in [-0.25, -0.2) is 0 Å². The topological polar surface area (TPSA) is 41.9 Å². The largest absolute Gasteiger partial charge is 0.394 e. The van der Waals surface area contributed by atoms with Crippen LogP contribution in [-0.2, 0) is 9.47 Å². The van der Waals surface area contributed by atoms with E-state index in [4.69, 9.17) is 9.47 Å². The summed E-state index contributed by atoms with van der Waals surface area (Å²) in [7, 11) is 0. The maximum atomic E-state index is 9.51. The normalized spacial score (nSPS) is 17.9. The monoisotopic (exact) mass is 251 g/mol. The lowest BCUT2D eigenvalue weighted by molar-refractivity contribution is -0.0359. The molecule has 2 rings (SSSR count). The number of ether oxygens (including phenoxy) is 2. The molecule has 100 valence electrons. The molecular weight excluding hydrogens is 230 g/mol. The maximum Gasteiger partial charge on any atom is 0.175 e. The lowest BCUT2D eigenvalue weighted by Crippen LogP contribution is -2.42. The fourth-order valence-corrected chi connectivity index (χ4v) is 2.21. The van der Waals surface area contributed by atoms with E-state index < -0.39 is 0 Å². The van der Waals surface area contributed by atoms with Gasteiger partial charge in [0.1, 0.15) is 0 Å². The molecule has 0 aliphatic carbocycles. The Morgan fingerprint density at radius 2 is 1.94 bits per heavy atom. The second-order valence-corrected chi connectivity index (χ2v) is 4.40. The molecule has 1 N–H and O–H groups in total. The average Bonchev–Trinajstić information content (AvgIpc) is 2.93. The van der Waals surface area contributed by atoms with Crippen molar-refractivity contribution in [2.24, 2.45) is 0 Å². The molecule has 1 saturated heterocycles. The van der Waals surface area contributed by atoms with Crippen LogP contribution in [0.5, 0.6) is 0 Å². The Hall–Kier alpha value is -1.10. The highest BCUT2D eigenvalue weighted by molar-refractivity contribution is 5.47. The summed E-state index contributed by atoms with van der Waals surface area (Å²) in [5, 5.41) is 9.51. The van der Waals surface area contributed by atoms with Crippen molar-refractivity contribution in [1.82, 2.24) is 0 Å². The molecule has 0 spiro atoms. The van der Waals surface area contributed by atoms with Gasteiger partial charge in [0, 0.05) is 5.69 Å². The van der Waals surface area contributed by atoms with Crippen LogP contribution in [0.15, 0.2) is 30.3 Å². The van der Waals surface area contributed by atoms with Crippen molar-refractivity contribution in [3.05, 3.63) is 30.3 Å². The molecule has 1 atom stereocenters. The van der Waals surface area contributed by atoms with Gasteiger partial charge < -0.3 is 19.5 Å². The third-order valence-corrected chi connectivity index (χ3v) is 3.25. The van der Waals surface area contributed by atoms with E-state index >= 15 is 0 Å². The lowest BCUT2D eigenvalue weighted by atomic mass is 10.1. The zero-order chi connectivity index (χ0) is 12.8. The first-order valence-corrected chi connectivity index (χ1v) is 6.51. The van der Waals surface area contributed by atoms with Gasteiger partial charge in [-0.2, -0.15) is 0 Å². The highest BCUT2D eigenvalue weighted by atomic mass is 16.7. The highest BCUT2D eigenvalue weighted by Gasteiger charge is 2.24. The summed E-state index contributed by atoms with van der Waals surface area (Å²) in [4.78, 5) is 2.16. The van der Waals surface area contributed by atoms with Gasteiger partial charge in [-0.3, -0.25) is 0 Å². The molecule has 1 aliphatic rings. The summed E-state index contributed by atoms with van der Waals surface area (Å²) < 4.78 is 11.0. The van der Waals surface area contributed by atoms with Gasteiger partial charge in [0.25, 0.3) is 0 Å². The second-order valence-electron chi connectivity index (χ2n) is 4.40. The van der Waals surface area contributed by atoms with E-state index in [2.05, 4.69) is 11.8 Å². The maximum absolute atomic E-state index is 9.51. The molecule has 0 saturated carbocycles. The third kappa shape index (κ3) is 3.22. The van der Waals surface area contributed by atoms with E-state index in [1.807, 2.05) is 30.3 Å². The quantitative estimate of drug-likeness (QED) is 0.834. The van der Waals surface area contributed by atoms with Gasteiger partial charge in [0.05, 0.1) is 32.4 Å². The van der Waals surface area contributed by atoms with Crippen LogP contribution in [-0.4, -0.2) is 43.8 Å². The van der Waals surface area contributed by atoms with Crippen LogP contribution < -0.4 is 4.90 Å². The SMILES string of the molecule is CCC(CO)N(CC1OCCO1)c1ccccc1. The summed E-state index contributed by atoms with van der Waals surface area (Å²) in [5.74, 6) is 0. The third-order valence-electron chi connectivity index (χ3n) is 3.25. The molecule has 4 nitrogen and oxygen atoms in total. The minimum Gasteiger partial charge on any atom is -0.394 e. The first kappa shape index (κ1) is 13.3. The van der Waals surface area contributed by atoms with E-state index in [1.165, 1.54) is 0 Å². The van der Waals surface area contributed by atoms with E-state index in [-0.39, 0.29) is 18.9 Å². The summed E-state index contributed by atoms with van der Waals surface area (Å²) >= 11 is 0. The molecule has 1 aliphatic heterocycles. The number of aliphatic hydroxyl groups is 1. The van der Waals surface area contributed by atoms with Crippen LogP contribution in [0.3, 0.4) is 0 Å². The van der Waals surface area contributed by atoms with Crippen molar-refractivity contribution in [1.29, 1.82) is 0 Å². The number of aliphatic hydroxyl groups excluding tert-OH is 1. The fraction of sp³-hybridized carbons (Fsp3) is 0.571. The summed E-state index contributed by atoms with van der Waals surface area (Å²) in [6.07, 6.45) is 0.698. The molecule has 1 unspecified atom stereocenters. The van der Waals surface area contributed by atoms with Crippen LogP contribution in [0.2, 0.25) is 0 Å². The Balaban J connectivity index is 2.11. The first-order valence-electron chi connectivity index (χ1n) is 6.51. The lowest BCUT2D eigenvalue weighted by Gasteiger charge is -2.33. The number of benzene rings is 1. The molecule has 1 fully saturated rings. The summed E-state index contributed by atoms with van der Waals surface area (Å²) in [6.45, 7) is 4.18. The number of nitrogens with zero attached hydrogens (tertiary/aromatic N) is 1. The van der Waals surface area contributed by atoms with Crippen LogP contribution in [0.25, 0.3) is 0 Å². The standard InChI is InChI=1S/C14H21NO3/c1-2-12(11-16)15(10-14-17-8-9-18-14)13-6-4-3-5-7-13/h3-7,12,14,16H,2,8-11H2,1H3. The van der Waals surface area contributed by atoms with Gasteiger partial charge in [-0.05, 0) is 18.6 Å². The number of rotatable bonds is 6. The van der Waals surface area contributed by atoms with Crippen LogP contribution in [0.4, 0.5) is 5.69 Å². The molecule has 0 radical (unpaired) electrons.